The van der Waals surface area contributed by atoms with Crippen molar-refractivity contribution in [2.24, 2.45) is 5.73 Å². The van der Waals surface area contributed by atoms with Crippen molar-refractivity contribution in [3.05, 3.63) is 41.1 Å². The number of primary amides is 1. The molecular weight excluding hydrogens is 244 g/mol. The molecule has 0 unspecified atom stereocenters. The van der Waals surface area contributed by atoms with Crippen LogP contribution < -0.4 is 5.73 Å². The van der Waals surface area contributed by atoms with E-state index in [0.717, 1.165) is 11.1 Å². The number of amides is 1. The highest BCUT2D eigenvalue weighted by atomic mass is 16.5. The van der Waals surface area contributed by atoms with Crippen LogP contribution in [0, 0.1) is 13.8 Å². The van der Waals surface area contributed by atoms with Gasteiger partial charge in [-0.25, -0.2) is 4.79 Å². The Bertz CT molecular complexity index is 665. The molecule has 2 N–H and O–H groups in total. The zero-order chi connectivity index (χ0) is 14.0. The van der Waals surface area contributed by atoms with Gasteiger partial charge in [-0.15, -0.1) is 0 Å². The van der Waals surface area contributed by atoms with E-state index in [9.17, 15) is 9.59 Å². The fraction of sp³-hybridized carbons (Fsp3) is 0.214. The third kappa shape index (κ3) is 2.88. The second-order valence-electron chi connectivity index (χ2n) is 4.37. The van der Waals surface area contributed by atoms with E-state index in [2.05, 4.69) is 4.98 Å². The minimum Gasteiger partial charge on any atom is -0.452 e. The minimum atomic E-state index is -0.681. The molecule has 1 aromatic carbocycles. The number of esters is 1. The number of hydrogen-bond acceptors (Lipinski definition) is 4. The van der Waals surface area contributed by atoms with Crippen molar-refractivity contribution in [2.45, 2.75) is 13.8 Å². The lowest BCUT2D eigenvalue weighted by atomic mass is 10.1. The zero-order valence-electron chi connectivity index (χ0n) is 10.8. The van der Waals surface area contributed by atoms with Crippen molar-refractivity contribution >= 4 is 22.8 Å². The summed E-state index contributed by atoms with van der Waals surface area (Å²) in [5, 5.41) is 0.708. The Kier molecular flexibility index (Phi) is 3.46. The molecule has 0 saturated heterocycles. The van der Waals surface area contributed by atoms with E-state index < -0.39 is 18.5 Å². The molecule has 0 spiro atoms. The van der Waals surface area contributed by atoms with Crippen LogP contribution in [-0.2, 0) is 9.53 Å². The van der Waals surface area contributed by atoms with Crippen molar-refractivity contribution in [3.8, 4) is 0 Å². The van der Waals surface area contributed by atoms with E-state index >= 15 is 0 Å². The van der Waals surface area contributed by atoms with Crippen molar-refractivity contribution in [1.29, 1.82) is 0 Å². The SMILES string of the molecule is Cc1ccc2nc(C)cc(C(=O)OCC(N)=O)c2c1. The summed E-state index contributed by atoms with van der Waals surface area (Å²) in [4.78, 5) is 27.0. The number of nitrogens with two attached hydrogens (primary N) is 1. The number of nitrogens with zero attached hydrogens (tertiary/aromatic N) is 1. The van der Waals surface area contributed by atoms with Crippen LogP contribution in [0.2, 0.25) is 0 Å². The molecule has 1 heterocycles. The summed E-state index contributed by atoms with van der Waals surface area (Å²) < 4.78 is 4.85. The van der Waals surface area contributed by atoms with Crippen LogP contribution in [0.3, 0.4) is 0 Å². The lowest BCUT2D eigenvalue weighted by molar-refractivity contribution is -0.121. The number of carbonyl (C=O) groups is 2. The largest absolute Gasteiger partial charge is 0.452 e. The molecule has 0 aliphatic heterocycles. The summed E-state index contributed by atoms with van der Waals surface area (Å²) in [5.41, 5.74) is 7.80. The number of aromatic nitrogens is 1. The van der Waals surface area contributed by atoms with Gasteiger partial charge in [0.2, 0.25) is 0 Å². The van der Waals surface area contributed by atoms with Crippen molar-refractivity contribution in [3.63, 3.8) is 0 Å². The van der Waals surface area contributed by atoms with Crippen LogP contribution in [-0.4, -0.2) is 23.5 Å². The Morgan fingerprint density at radius 3 is 2.68 bits per heavy atom. The van der Waals surface area contributed by atoms with Crippen LogP contribution in [0.4, 0.5) is 0 Å². The van der Waals surface area contributed by atoms with Gasteiger partial charge in [0.1, 0.15) is 0 Å². The average molecular weight is 258 g/mol. The maximum absolute atomic E-state index is 12.0. The molecule has 0 fully saturated rings. The molecule has 1 amide bonds. The highest BCUT2D eigenvalue weighted by molar-refractivity contribution is 6.04. The predicted octanol–water partition coefficient (Wildman–Crippen LogP) is 1.49. The average Bonchev–Trinajstić information content (AvgIpc) is 2.35. The summed E-state index contributed by atoms with van der Waals surface area (Å²) >= 11 is 0. The van der Waals surface area contributed by atoms with Gasteiger partial charge in [0.25, 0.3) is 5.91 Å². The monoisotopic (exact) mass is 258 g/mol. The Hall–Kier alpha value is -2.43. The van der Waals surface area contributed by atoms with Crippen LogP contribution in [0.5, 0.6) is 0 Å². The van der Waals surface area contributed by atoms with Crippen molar-refractivity contribution in [1.82, 2.24) is 4.98 Å². The molecular formula is C14H14N2O3. The first-order valence-corrected chi connectivity index (χ1v) is 5.81. The first-order valence-electron chi connectivity index (χ1n) is 5.81. The summed E-state index contributed by atoms with van der Waals surface area (Å²) in [5.74, 6) is -1.25. The fourth-order valence-corrected chi connectivity index (χ4v) is 1.86. The number of benzene rings is 1. The highest BCUT2D eigenvalue weighted by Crippen LogP contribution is 2.20. The summed E-state index contributed by atoms with van der Waals surface area (Å²) in [6.45, 7) is 3.30. The van der Waals surface area contributed by atoms with Crippen LogP contribution in [0.25, 0.3) is 10.9 Å². The van der Waals surface area contributed by atoms with E-state index in [1.54, 1.807) is 13.0 Å². The van der Waals surface area contributed by atoms with E-state index in [-0.39, 0.29) is 0 Å². The van der Waals surface area contributed by atoms with Gasteiger partial charge < -0.3 is 10.5 Å². The second kappa shape index (κ2) is 5.06. The van der Waals surface area contributed by atoms with Crippen LogP contribution >= 0.6 is 0 Å². The standard InChI is InChI=1S/C14H14N2O3/c1-8-3-4-12-10(5-8)11(6-9(2)16-12)14(18)19-7-13(15)17/h3-6H,7H2,1-2H3,(H2,15,17). The Balaban J connectivity index is 2.49. The first kappa shape index (κ1) is 13.0. The summed E-state index contributed by atoms with van der Waals surface area (Å²) in [6, 6.07) is 7.28. The molecule has 0 bridgehead atoms. The van der Waals surface area contributed by atoms with Crippen LogP contribution in [0.1, 0.15) is 21.6 Å². The predicted molar refractivity (Wildman–Crippen MR) is 70.7 cm³/mol. The third-order valence-corrected chi connectivity index (χ3v) is 2.66. The van der Waals surface area contributed by atoms with Gasteiger partial charge in [-0.2, -0.15) is 0 Å². The van der Waals surface area contributed by atoms with Gasteiger partial charge in [0.15, 0.2) is 6.61 Å². The molecule has 0 saturated carbocycles. The zero-order valence-corrected chi connectivity index (χ0v) is 10.8. The number of fused-ring (bicyclic) bond motifs is 1. The smallest absolute Gasteiger partial charge is 0.339 e. The minimum absolute atomic E-state index is 0.396. The van der Waals surface area contributed by atoms with Gasteiger partial charge in [-0.1, -0.05) is 11.6 Å². The van der Waals surface area contributed by atoms with Crippen LogP contribution in [0.15, 0.2) is 24.3 Å². The van der Waals surface area contributed by atoms with Crippen molar-refractivity contribution < 1.29 is 14.3 Å². The lowest BCUT2D eigenvalue weighted by Crippen LogP contribution is -2.21. The van der Waals surface area contributed by atoms with E-state index in [0.29, 0.717) is 16.6 Å². The molecule has 0 aliphatic rings. The third-order valence-electron chi connectivity index (χ3n) is 2.66. The maximum Gasteiger partial charge on any atom is 0.339 e. The topological polar surface area (TPSA) is 82.3 Å². The van der Waals surface area contributed by atoms with Crippen molar-refractivity contribution in [2.75, 3.05) is 6.61 Å². The first-order chi connectivity index (χ1) is 8.97. The highest BCUT2D eigenvalue weighted by Gasteiger charge is 2.14. The molecule has 1 aromatic heterocycles. The number of carbonyl (C=O) groups excluding carboxylic acids is 2. The number of hydrogen-bond donors (Lipinski definition) is 1. The molecule has 2 aromatic rings. The molecule has 98 valence electrons. The number of pyridine rings is 1. The van der Waals surface area contributed by atoms with Gasteiger partial charge in [0, 0.05) is 11.1 Å². The Morgan fingerprint density at radius 1 is 1.26 bits per heavy atom. The molecule has 2 rings (SSSR count). The summed E-state index contributed by atoms with van der Waals surface area (Å²) in [6.07, 6.45) is 0. The second-order valence-corrected chi connectivity index (χ2v) is 4.37. The lowest BCUT2D eigenvalue weighted by Gasteiger charge is -2.08. The van der Waals surface area contributed by atoms with Gasteiger partial charge in [-0.05, 0) is 32.0 Å². The molecule has 5 nitrogen and oxygen atoms in total. The molecule has 0 aliphatic carbocycles. The number of ether oxygens (including phenoxy) is 1. The van der Waals surface area contributed by atoms with E-state index in [1.165, 1.54) is 0 Å². The van der Waals surface area contributed by atoms with Gasteiger partial charge >= 0.3 is 5.97 Å². The molecule has 0 atom stereocenters. The van der Waals surface area contributed by atoms with Gasteiger partial charge in [0.05, 0.1) is 11.1 Å². The quantitative estimate of drug-likeness (QED) is 0.845. The fourth-order valence-electron chi connectivity index (χ4n) is 1.86. The number of aryl methyl sites for hydroxylation is 2. The Morgan fingerprint density at radius 2 is 2.00 bits per heavy atom. The molecule has 19 heavy (non-hydrogen) atoms. The number of rotatable bonds is 3. The molecule has 5 heteroatoms. The maximum atomic E-state index is 12.0. The Labute approximate surface area is 110 Å². The van der Waals surface area contributed by atoms with Gasteiger partial charge in [-0.3, -0.25) is 9.78 Å². The summed E-state index contributed by atoms with van der Waals surface area (Å²) in [7, 11) is 0. The normalized spacial score (nSPS) is 10.4. The molecule has 0 radical (unpaired) electrons. The van der Waals surface area contributed by atoms with E-state index in [1.807, 2.05) is 25.1 Å². The van der Waals surface area contributed by atoms with E-state index in [4.69, 9.17) is 10.5 Å².